The lowest BCUT2D eigenvalue weighted by Crippen LogP contribution is -2.55. The van der Waals surface area contributed by atoms with Gasteiger partial charge in [-0.15, -0.1) is 0 Å². The Labute approximate surface area is 217 Å². The lowest BCUT2D eigenvalue weighted by Gasteiger charge is -2.25. The molecule has 0 saturated heterocycles. The molecule has 0 aliphatic heterocycles. The van der Waals surface area contributed by atoms with Gasteiger partial charge in [0.05, 0.1) is 5.84 Å². The number of nitrogens with one attached hydrogen (secondary N) is 4. The van der Waals surface area contributed by atoms with Gasteiger partial charge in [0.1, 0.15) is 17.7 Å². The van der Waals surface area contributed by atoms with Crippen LogP contribution in [0, 0.1) is 5.41 Å². The van der Waals surface area contributed by atoms with Gasteiger partial charge in [-0.1, -0.05) is 72.8 Å². The van der Waals surface area contributed by atoms with Gasteiger partial charge in [0, 0.05) is 12.8 Å². The molecule has 0 fully saturated rings. The summed E-state index contributed by atoms with van der Waals surface area (Å²) in [4.78, 5) is 39.0. The van der Waals surface area contributed by atoms with Crippen LogP contribution in [0.2, 0.25) is 0 Å². The first-order chi connectivity index (χ1) is 17.5. The van der Waals surface area contributed by atoms with Crippen LogP contribution in [-0.2, 0) is 27.2 Å². The normalized spacial score (nSPS) is 12.8. The van der Waals surface area contributed by atoms with Gasteiger partial charge in [-0.25, -0.2) is 4.79 Å². The molecule has 194 valence electrons. The van der Waals surface area contributed by atoms with E-state index < -0.39 is 35.6 Å². The molecule has 0 radical (unpaired) electrons. The van der Waals surface area contributed by atoms with E-state index in [1.54, 1.807) is 20.8 Å². The number of rotatable bonds is 8. The molecule has 2 atom stereocenters. The summed E-state index contributed by atoms with van der Waals surface area (Å²) in [5.74, 6) is -1.07. The predicted molar refractivity (Wildman–Crippen MR) is 144 cm³/mol. The lowest BCUT2D eigenvalue weighted by molar-refractivity contribution is -0.129. The second-order valence-corrected chi connectivity index (χ2v) is 9.95. The second-order valence-electron chi connectivity index (χ2n) is 9.95. The Morgan fingerprint density at radius 2 is 1.38 bits per heavy atom. The molecular formula is C29H34N4O4. The average molecular weight is 503 g/mol. The van der Waals surface area contributed by atoms with E-state index >= 15 is 0 Å². The summed E-state index contributed by atoms with van der Waals surface area (Å²) in [7, 11) is 0. The number of carbonyl (C=O) groups excluding carboxylic acids is 3. The van der Waals surface area contributed by atoms with Gasteiger partial charge >= 0.3 is 6.09 Å². The fourth-order valence-corrected chi connectivity index (χ4v) is 3.86. The highest BCUT2D eigenvalue weighted by molar-refractivity contribution is 6.00. The van der Waals surface area contributed by atoms with E-state index in [0.717, 1.165) is 21.9 Å². The molecule has 8 nitrogen and oxygen atoms in total. The Balaban J connectivity index is 1.85. The summed E-state index contributed by atoms with van der Waals surface area (Å²) in [6.45, 7) is 6.67. The maximum Gasteiger partial charge on any atom is 0.408 e. The summed E-state index contributed by atoms with van der Waals surface area (Å²) < 4.78 is 5.39. The van der Waals surface area contributed by atoms with Crippen LogP contribution >= 0.6 is 0 Å². The molecule has 0 aliphatic rings. The van der Waals surface area contributed by atoms with Gasteiger partial charge < -0.3 is 20.7 Å². The zero-order valence-electron chi connectivity index (χ0n) is 21.6. The largest absolute Gasteiger partial charge is 0.444 e. The quantitative estimate of drug-likeness (QED) is 0.274. The molecule has 0 aromatic heterocycles. The third kappa shape index (κ3) is 8.75. The summed E-state index contributed by atoms with van der Waals surface area (Å²) in [5.41, 5.74) is 0.941. The van der Waals surface area contributed by atoms with Crippen LogP contribution in [0.5, 0.6) is 0 Å². The summed E-state index contributed by atoms with van der Waals surface area (Å²) in [6.07, 6.45) is -0.312. The van der Waals surface area contributed by atoms with E-state index in [1.165, 1.54) is 6.92 Å². The number of amides is 3. The third-order valence-electron chi connectivity index (χ3n) is 5.49. The maximum absolute atomic E-state index is 13.5. The fourth-order valence-electron chi connectivity index (χ4n) is 3.86. The molecule has 37 heavy (non-hydrogen) atoms. The van der Waals surface area contributed by atoms with Gasteiger partial charge in [-0.2, -0.15) is 0 Å². The van der Waals surface area contributed by atoms with Crippen LogP contribution in [0.15, 0.2) is 72.8 Å². The number of hydrogen-bond donors (Lipinski definition) is 4. The monoisotopic (exact) mass is 502 g/mol. The maximum atomic E-state index is 13.5. The Hall–Kier alpha value is -4.20. The van der Waals surface area contributed by atoms with Crippen LogP contribution in [0.1, 0.15) is 38.8 Å². The van der Waals surface area contributed by atoms with Crippen molar-refractivity contribution in [2.75, 3.05) is 0 Å². The molecule has 0 spiro atoms. The third-order valence-corrected chi connectivity index (χ3v) is 5.49. The van der Waals surface area contributed by atoms with Crippen LogP contribution in [0.3, 0.4) is 0 Å². The molecule has 4 N–H and O–H groups in total. The van der Waals surface area contributed by atoms with Crippen molar-refractivity contribution < 1.29 is 19.1 Å². The number of alkyl carbamates (subject to hydrolysis) is 1. The van der Waals surface area contributed by atoms with E-state index in [-0.39, 0.29) is 18.7 Å². The summed E-state index contributed by atoms with van der Waals surface area (Å²) in [6, 6.07) is 21.0. The predicted octanol–water partition coefficient (Wildman–Crippen LogP) is 4.12. The Bertz CT molecular complexity index is 1270. The van der Waals surface area contributed by atoms with Crippen molar-refractivity contribution in [3.63, 3.8) is 0 Å². The van der Waals surface area contributed by atoms with Gasteiger partial charge in [0.2, 0.25) is 11.8 Å². The fraction of sp³-hybridized carbons (Fsp3) is 0.310. The zero-order valence-corrected chi connectivity index (χ0v) is 21.6. The SMILES string of the molecule is CC(=N)NC(=O)[C@@H](Cc1ccccc1)NC(=O)C(Cc1ccc2ccccc2c1)NC(=O)OC(C)(C)C. The molecule has 0 saturated carbocycles. The first-order valence-electron chi connectivity index (χ1n) is 12.2. The minimum Gasteiger partial charge on any atom is -0.444 e. The number of fused-ring (bicyclic) bond motifs is 1. The van der Waals surface area contributed by atoms with E-state index in [9.17, 15) is 14.4 Å². The van der Waals surface area contributed by atoms with Crippen molar-refractivity contribution in [3.05, 3.63) is 83.9 Å². The van der Waals surface area contributed by atoms with Crippen molar-refractivity contribution in [2.24, 2.45) is 0 Å². The topological polar surface area (TPSA) is 120 Å². The number of hydrogen-bond acceptors (Lipinski definition) is 5. The molecule has 3 aromatic carbocycles. The van der Waals surface area contributed by atoms with Crippen LogP contribution in [-0.4, -0.2) is 41.4 Å². The second kappa shape index (κ2) is 12.2. The van der Waals surface area contributed by atoms with Gasteiger partial charge in [0.15, 0.2) is 0 Å². The number of ether oxygens (including phenoxy) is 1. The highest BCUT2D eigenvalue weighted by Crippen LogP contribution is 2.17. The first-order valence-corrected chi connectivity index (χ1v) is 12.2. The highest BCUT2D eigenvalue weighted by Gasteiger charge is 2.29. The molecule has 0 heterocycles. The Morgan fingerprint density at radius 1 is 0.784 bits per heavy atom. The zero-order chi connectivity index (χ0) is 27.0. The first kappa shape index (κ1) is 27.4. The minimum atomic E-state index is -0.997. The number of amidine groups is 1. The molecule has 1 unspecified atom stereocenters. The molecule has 8 heteroatoms. The van der Waals surface area contributed by atoms with E-state index in [2.05, 4.69) is 16.0 Å². The molecule has 3 aromatic rings. The number of benzene rings is 3. The van der Waals surface area contributed by atoms with Crippen molar-refractivity contribution in [1.82, 2.24) is 16.0 Å². The van der Waals surface area contributed by atoms with Crippen LogP contribution in [0.4, 0.5) is 4.79 Å². The molecule has 0 aliphatic carbocycles. The van der Waals surface area contributed by atoms with E-state index in [4.69, 9.17) is 10.1 Å². The van der Waals surface area contributed by atoms with Crippen molar-refractivity contribution >= 4 is 34.5 Å². The van der Waals surface area contributed by atoms with Gasteiger partial charge in [-0.05, 0) is 49.6 Å². The Kier molecular flexibility index (Phi) is 9.00. The highest BCUT2D eigenvalue weighted by atomic mass is 16.6. The van der Waals surface area contributed by atoms with Crippen molar-refractivity contribution in [3.8, 4) is 0 Å². The molecular weight excluding hydrogens is 468 g/mol. The standard InChI is InChI=1S/C29H34N4O4/c1-19(30)31-26(34)24(17-20-10-6-5-7-11-20)32-27(35)25(33-28(36)37-29(2,3)4)18-21-14-15-22-12-8-9-13-23(22)16-21/h5-16,24-25H,17-18H2,1-4H3,(H,32,35)(H,33,36)(H2,30,31,34)/t24-,25?/m1/s1. The summed E-state index contributed by atoms with van der Waals surface area (Å²) in [5, 5.41) is 17.6. The van der Waals surface area contributed by atoms with Crippen molar-refractivity contribution in [2.45, 2.75) is 58.2 Å². The summed E-state index contributed by atoms with van der Waals surface area (Å²) >= 11 is 0. The minimum absolute atomic E-state index is 0.0306. The van der Waals surface area contributed by atoms with Crippen molar-refractivity contribution in [1.29, 1.82) is 5.41 Å². The van der Waals surface area contributed by atoms with Crippen LogP contribution < -0.4 is 16.0 Å². The number of carbonyl (C=O) groups is 3. The van der Waals surface area contributed by atoms with Gasteiger partial charge in [-0.3, -0.25) is 15.0 Å². The molecule has 0 bridgehead atoms. The Morgan fingerprint density at radius 3 is 2.03 bits per heavy atom. The smallest absolute Gasteiger partial charge is 0.408 e. The van der Waals surface area contributed by atoms with E-state index in [1.807, 2.05) is 72.8 Å². The van der Waals surface area contributed by atoms with E-state index in [0.29, 0.717) is 0 Å². The molecule has 3 rings (SSSR count). The lowest BCUT2D eigenvalue weighted by atomic mass is 10.00. The molecule has 3 amide bonds. The average Bonchev–Trinajstić information content (AvgIpc) is 2.82. The van der Waals surface area contributed by atoms with Crippen LogP contribution in [0.25, 0.3) is 10.8 Å². The van der Waals surface area contributed by atoms with Gasteiger partial charge in [0.25, 0.3) is 0 Å².